The number of rotatable bonds is 2. The highest BCUT2D eigenvalue weighted by atomic mass is 16.5. The Morgan fingerprint density at radius 3 is 2.96 bits per heavy atom. The second-order valence-corrected chi connectivity index (χ2v) is 6.99. The second-order valence-electron chi connectivity index (χ2n) is 6.99. The van der Waals surface area contributed by atoms with Gasteiger partial charge >= 0.3 is 0 Å². The Kier molecular flexibility index (Phi) is 3.45. The maximum atomic E-state index is 5.83. The van der Waals surface area contributed by atoms with E-state index in [0.29, 0.717) is 17.9 Å². The second kappa shape index (κ2) is 5.81. The fourth-order valence-electron chi connectivity index (χ4n) is 4.43. The van der Waals surface area contributed by atoms with Crippen LogP contribution < -0.4 is 4.90 Å². The van der Waals surface area contributed by atoms with Crippen molar-refractivity contribution in [1.29, 1.82) is 0 Å². The minimum Gasteiger partial charge on any atom is -0.381 e. The summed E-state index contributed by atoms with van der Waals surface area (Å²) in [5.41, 5.74) is 2.25. The molecule has 0 bridgehead atoms. The van der Waals surface area contributed by atoms with Crippen molar-refractivity contribution in [3.05, 3.63) is 54.1 Å². The first-order valence-corrected chi connectivity index (χ1v) is 8.88. The molecule has 25 heavy (non-hydrogen) atoms. The third-order valence-electron chi connectivity index (χ3n) is 5.65. The number of hydrogen-bond donors (Lipinski definition) is 0. The van der Waals surface area contributed by atoms with Crippen molar-refractivity contribution < 1.29 is 4.74 Å². The monoisotopic (exact) mass is 335 g/mol. The maximum Gasteiger partial charge on any atom is 0.165 e. The van der Waals surface area contributed by atoms with Crippen molar-refractivity contribution >= 4 is 11.5 Å². The van der Waals surface area contributed by atoms with Gasteiger partial charge in [0.1, 0.15) is 18.0 Å². The predicted octanol–water partition coefficient (Wildman–Crippen LogP) is 2.44. The summed E-state index contributed by atoms with van der Waals surface area (Å²) in [6.45, 7) is 4.63. The van der Waals surface area contributed by atoms with E-state index in [4.69, 9.17) is 9.72 Å². The van der Waals surface area contributed by atoms with Gasteiger partial charge in [-0.1, -0.05) is 30.3 Å². The number of anilines is 1. The van der Waals surface area contributed by atoms with Gasteiger partial charge in [-0.05, 0) is 18.9 Å². The van der Waals surface area contributed by atoms with Crippen LogP contribution in [0.1, 0.15) is 23.7 Å². The molecule has 2 aromatic heterocycles. The fourth-order valence-corrected chi connectivity index (χ4v) is 4.43. The minimum absolute atomic E-state index is 0.469. The van der Waals surface area contributed by atoms with Crippen molar-refractivity contribution in [3.8, 4) is 0 Å². The summed E-state index contributed by atoms with van der Waals surface area (Å²) >= 11 is 0. The lowest BCUT2D eigenvalue weighted by Crippen LogP contribution is -2.39. The average Bonchev–Trinajstić information content (AvgIpc) is 3.27. The molecule has 0 amide bonds. The highest BCUT2D eigenvalue weighted by molar-refractivity contribution is 5.54. The summed E-state index contributed by atoms with van der Waals surface area (Å²) in [5.74, 6) is 2.91. The van der Waals surface area contributed by atoms with Crippen molar-refractivity contribution in [3.63, 3.8) is 0 Å². The fraction of sp³-hybridized carbons (Fsp3) is 0.421. The van der Waals surface area contributed by atoms with Crippen LogP contribution in [0.25, 0.3) is 5.65 Å². The topological polar surface area (TPSA) is 55.5 Å². The number of nitrogens with zero attached hydrogens (tertiary/aromatic N) is 5. The summed E-state index contributed by atoms with van der Waals surface area (Å²) in [7, 11) is 0. The molecule has 5 rings (SSSR count). The molecule has 128 valence electrons. The third kappa shape index (κ3) is 2.40. The van der Waals surface area contributed by atoms with E-state index in [1.807, 2.05) is 11.3 Å². The normalized spacial score (nSPS) is 26.1. The Morgan fingerprint density at radius 2 is 2.08 bits per heavy atom. The lowest BCUT2D eigenvalue weighted by molar-refractivity contribution is 0.0461. The van der Waals surface area contributed by atoms with Crippen LogP contribution in [0.3, 0.4) is 0 Å². The highest BCUT2D eigenvalue weighted by Gasteiger charge is 2.44. The maximum absolute atomic E-state index is 5.83. The van der Waals surface area contributed by atoms with Crippen LogP contribution in [-0.2, 0) is 4.74 Å². The van der Waals surface area contributed by atoms with Gasteiger partial charge in [-0.2, -0.15) is 0 Å². The summed E-state index contributed by atoms with van der Waals surface area (Å²) in [4.78, 5) is 7.31. The van der Waals surface area contributed by atoms with E-state index in [1.165, 1.54) is 5.56 Å². The third-order valence-corrected chi connectivity index (χ3v) is 5.65. The Labute approximate surface area is 146 Å². The van der Waals surface area contributed by atoms with Gasteiger partial charge in [-0.25, -0.2) is 4.98 Å². The van der Waals surface area contributed by atoms with Crippen LogP contribution in [-0.4, -0.2) is 45.4 Å². The number of ether oxygens (including phenoxy) is 1. The molecule has 0 saturated carbocycles. The summed E-state index contributed by atoms with van der Waals surface area (Å²) in [5, 5.41) is 8.22. The Balaban J connectivity index is 1.55. The molecule has 2 saturated heterocycles. The number of benzene rings is 1. The van der Waals surface area contributed by atoms with E-state index >= 15 is 0 Å². The first-order chi connectivity index (χ1) is 12.3. The first-order valence-electron chi connectivity index (χ1n) is 8.88. The standard InChI is InChI=1S/C19H21N5O/c1-13-21-18(9-19-22-20-12-24(13)19)23-10-15(14-5-3-2-4-6-14)16-11-25-8-7-17(16)23/h2-6,9,12,15-17H,7-8,10-11H2,1H3/t15-,16-,17+/m1/s1. The molecule has 0 unspecified atom stereocenters. The Hall–Kier alpha value is -2.47. The van der Waals surface area contributed by atoms with Gasteiger partial charge in [0, 0.05) is 37.1 Å². The molecule has 0 N–H and O–H groups in total. The molecule has 6 nitrogen and oxygen atoms in total. The van der Waals surface area contributed by atoms with Gasteiger partial charge in [0.15, 0.2) is 5.65 Å². The number of hydrogen-bond acceptors (Lipinski definition) is 5. The molecule has 0 radical (unpaired) electrons. The van der Waals surface area contributed by atoms with E-state index in [2.05, 4.69) is 51.5 Å². The van der Waals surface area contributed by atoms with E-state index < -0.39 is 0 Å². The quantitative estimate of drug-likeness (QED) is 0.720. The molecule has 0 aliphatic carbocycles. The van der Waals surface area contributed by atoms with Crippen LogP contribution >= 0.6 is 0 Å². The van der Waals surface area contributed by atoms with Crippen LogP contribution in [0.15, 0.2) is 42.7 Å². The molecular formula is C19H21N5O. The molecule has 2 fully saturated rings. The van der Waals surface area contributed by atoms with E-state index in [-0.39, 0.29) is 0 Å². The Bertz CT molecular complexity index is 893. The molecule has 3 aromatic rings. The zero-order valence-electron chi connectivity index (χ0n) is 14.2. The number of aromatic nitrogens is 4. The van der Waals surface area contributed by atoms with Crippen LogP contribution in [0.4, 0.5) is 5.82 Å². The van der Waals surface area contributed by atoms with Crippen molar-refractivity contribution in [2.75, 3.05) is 24.7 Å². The van der Waals surface area contributed by atoms with Gasteiger partial charge < -0.3 is 9.64 Å². The van der Waals surface area contributed by atoms with Crippen molar-refractivity contribution in [2.24, 2.45) is 5.92 Å². The molecule has 4 heterocycles. The van der Waals surface area contributed by atoms with Gasteiger partial charge in [-0.15, -0.1) is 10.2 Å². The van der Waals surface area contributed by atoms with Gasteiger partial charge in [0.05, 0.1) is 6.61 Å². The summed E-state index contributed by atoms with van der Waals surface area (Å²) < 4.78 is 7.75. The minimum atomic E-state index is 0.469. The molecule has 3 atom stereocenters. The average molecular weight is 335 g/mol. The molecule has 0 spiro atoms. The van der Waals surface area contributed by atoms with Gasteiger partial charge in [0.25, 0.3) is 0 Å². The van der Waals surface area contributed by atoms with Crippen LogP contribution in [0.2, 0.25) is 0 Å². The Morgan fingerprint density at radius 1 is 1.20 bits per heavy atom. The van der Waals surface area contributed by atoms with Gasteiger partial charge in [0.2, 0.25) is 0 Å². The molecule has 6 heteroatoms. The first kappa shape index (κ1) is 14.8. The lowest BCUT2D eigenvalue weighted by atomic mass is 9.84. The summed E-state index contributed by atoms with van der Waals surface area (Å²) in [6.07, 6.45) is 2.77. The van der Waals surface area contributed by atoms with Crippen molar-refractivity contribution in [2.45, 2.75) is 25.3 Å². The molecule has 2 aliphatic heterocycles. The molecule has 1 aromatic carbocycles. The van der Waals surface area contributed by atoms with Gasteiger partial charge in [-0.3, -0.25) is 4.40 Å². The molecular weight excluding hydrogens is 314 g/mol. The zero-order valence-corrected chi connectivity index (χ0v) is 14.2. The SMILES string of the molecule is Cc1nc(N2C[C@H](c3ccccc3)[C@H]3COCC[C@@H]32)cc2nncn12. The number of aryl methyl sites for hydroxylation is 1. The smallest absolute Gasteiger partial charge is 0.165 e. The molecule has 2 aliphatic rings. The van der Waals surface area contributed by atoms with E-state index in [1.54, 1.807) is 6.33 Å². The van der Waals surface area contributed by atoms with E-state index in [9.17, 15) is 0 Å². The predicted molar refractivity (Wildman–Crippen MR) is 94.8 cm³/mol. The number of fused-ring (bicyclic) bond motifs is 2. The van der Waals surface area contributed by atoms with E-state index in [0.717, 1.165) is 43.5 Å². The van der Waals surface area contributed by atoms with Crippen LogP contribution in [0.5, 0.6) is 0 Å². The largest absolute Gasteiger partial charge is 0.381 e. The van der Waals surface area contributed by atoms with Crippen molar-refractivity contribution in [1.82, 2.24) is 19.6 Å². The highest BCUT2D eigenvalue weighted by Crippen LogP contribution is 2.42. The summed E-state index contributed by atoms with van der Waals surface area (Å²) in [6, 6.07) is 13.3. The lowest BCUT2D eigenvalue weighted by Gasteiger charge is -2.33. The van der Waals surface area contributed by atoms with Crippen LogP contribution in [0, 0.1) is 12.8 Å². The zero-order chi connectivity index (χ0) is 16.8.